The van der Waals surface area contributed by atoms with Crippen molar-refractivity contribution in [3.8, 4) is 39.5 Å². The van der Waals surface area contributed by atoms with Gasteiger partial charge in [-0.3, -0.25) is 4.98 Å². The lowest BCUT2D eigenvalue weighted by molar-refractivity contribution is 0.568. The smallest absolute Gasteiger partial charge is 0.227 e. The first-order valence-corrected chi connectivity index (χ1v) is 12.8. The number of hydrogen-bond acceptors (Lipinski definition) is 4. The average Bonchev–Trinajstić information content (AvgIpc) is 3.75. The lowest BCUT2D eigenvalue weighted by Crippen LogP contribution is -1.95. The molecule has 0 radical (unpaired) electrons. The maximum atomic E-state index is 6.28. The highest BCUT2D eigenvalue weighted by Gasteiger charge is 2.17. The van der Waals surface area contributed by atoms with Crippen LogP contribution in [-0.2, 0) is 0 Å². The number of pyridine rings is 1. The number of rotatable bonds is 4. The van der Waals surface area contributed by atoms with Crippen LogP contribution in [0.4, 0.5) is 0 Å². The minimum atomic E-state index is 0.585. The van der Waals surface area contributed by atoms with Crippen molar-refractivity contribution in [1.29, 1.82) is 0 Å². The van der Waals surface area contributed by atoms with E-state index in [-0.39, 0.29) is 0 Å². The molecule has 0 unspecified atom stereocenters. The first-order valence-electron chi connectivity index (χ1n) is 12.8. The Morgan fingerprint density at radius 3 is 2.44 bits per heavy atom. The van der Waals surface area contributed by atoms with Crippen LogP contribution in [0.15, 0.2) is 137 Å². The second-order valence-electron chi connectivity index (χ2n) is 9.53. The van der Waals surface area contributed by atoms with Gasteiger partial charge < -0.3 is 13.4 Å². The molecule has 0 N–H and O–H groups in total. The first kappa shape index (κ1) is 21.6. The Labute approximate surface area is 223 Å². The molecule has 4 heterocycles. The van der Waals surface area contributed by atoms with Crippen LogP contribution in [0.3, 0.4) is 0 Å². The highest BCUT2D eigenvalue weighted by Crippen LogP contribution is 2.37. The van der Waals surface area contributed by atoms with Gasteiger partial charge in [0.1, 0.15) is 5.52 Å². The van der Waals surface area contributed by atoms with E-state index in [1.165, 1.54) is 10.8 Å². The zero-order chi connectivity index (χ0) is 25.8. The van der Waals surface area contributed by atoms with Crippen LogP contribution in [0.1, 0.15) is 0 Å². The summed E-state index contributed by atoms with van der Waals surface area (Å²) in [6.45, 7) is 0. The van der Waals surface area contributed by atoms with Crippen LogP contribution in [-0.4, -0.2) is 14.5 Å². The fourth-order valence-electron chi connectivity index (χ4n) is 5.44. The van der Waals surface area contributed by atoms with Crippen LogP contribution in [0.2, 0.25) is 0 Å². The molecular weight excluding hydrogens is 482 g/mol. The summed E-state index contributed by atoms with van der Waals surface area (Å²) in [7, 11) is 0. The highest BCUT2D eigenvalue weighted by atomic mass is 16.3. The van der Waals surface area contributed by atoms with E-state index >= 15 is 0 Å². The largest absolute Gasteiger partial charge is 0.472 e. The zero-order valence-corrected chi connectivity index (χ0v) is 20.8. The summed E-state index contributed by atoms with van der Waals surface area (Å²) in [4.78, 5) is 9.49. The lowest BCUT2D eigenvalue weighted by atomic mass is 10.1. The summed E-state index contributed by atoms with van der Waals surface area (Å²) < 4.78 is 13.9. The molecule has 184 valence electrons. The molecule has 0 saturated heterocycles. The summed E-state index contributed by atoms with van der Waals surface area (Å²) in [6, 6.07) is 37.3. The lowest BCUT2D eigenvalue weighted by Gasteiger charge is -2.10. The van der Waals surface area contributed by atoms with Gasteiger partial charge in [0.15, 0.2) is 5.58 Å². The van der Waals surface area contributed by atoms with Gasteiger partial charge >= 0.3 is 0 Å². The molecule has 0 amide bonds. The number of fused-ring (bicyclic) bond motifs is 4. The van der Waals surface area contributed by atoms with Gasteiger partial charge in [0, 0.05) is 44.9 Å². The second-order valence-corrected chi connectivity index (χ2v) is 9.53. The van der Waals surface area contributed by atoms with Gasteiger partial charge in [0.05, 0.1) is 29.3 Å². The molecule has 0 spiro atoms. The van der Waals surface area contributed by atoms with E-state index in [2.05, 4.69) is 76.3 Å². The third-order valence-electron chi connectivity index (χ3n) is 7.24. The minimum Gasteiger partial charge on any atom is -0.472 e. The number of nitrogens with zero attached hydrogens (tertiary/aromatic N) is 3. The molecule has 0 aliphatic carbocycles. The van der Waals surface area contributed by atoms with Crippen molar-refractivity contribution in [3.63, 3.8) is 0 Å². The zero-order valence-electron chi connectivity index (χ0n) is 20.8. The fraction of sp³-hybridized carbons (Fsp3) is 0. The van der Waals surface area contributed by atoms with E-state index in [1.54, 1.807) is 12.5 Å². The van der Waals surface area contributed by atoms with E-state index in [0.29, 0.717) is 5.89 Å². The van der Waals surface area contributed by atoms with Crippen molar-refractivity contribution in [1.82, 2.24) is 14.5 Å². The number of hydrogen-bond donors (Lipinski definition) is 0. The Balaban J connectivity index is 1.34. The molecule has 0 fully saturated rings. The Hall–Kier alpha value is -5.42. The molecule has 0 atom stereocenters. The summed E-state index contributed by atoms with van der Waals surface area (Å²) in [6.07, 6.45) is 5.23. The molecule has 5 nitrogen and oxygen atoms in total. The van der Waals surface area contributed by atoms with E-state index in [9.17, 15) is 0 Å². The standard InChI is InChI=1S/C34H21N3O2/c1-2-12-30-27(9-1)28-15-14-23(34-36-33-26(24-16-18-38-21-24)10-6-13-32(33)39-34)20-31(28)37(30)25-8-5-7-22(19-25)29-11-3-4-17-35-29/h1-21H. The molecule has 0 bridgehead atoms. The first-order chi connectivity index (χ1) is 19.3. The number of benzene rings is 4. The third-order valence-corrected chi connectivity index (χ3v) is 7.24. The van der Waals surface area contributed by atoms with Crippen molar-refractivity contribution in [2.24, 2.45) is 0 Å². The topological polar surface area (TPSA) is 57.0 Å². The average molecular weight is 504 g/mol. The van der Waals surface area contributed by atoms with E-state index in [1.807, 2.05) is 48.7 Å². The molecule has 0 aliphatic rings. The van der Waals surface area contributed by atoms with Crippen LogP contribution in [0.25, 0.3) is 72.4 Å². The molecule has 39 heavy (non-hydrogen) atoms. The second kappa shape index (κ2) is 8.57. The maximum absolute atomic E-state index is 6.28. The Morgan fingerprint density at radius 1 is 0.641 bits per heavy atom. The molecule has 8 aromatic rings. The van der Waals surface area contributed by atoms with Crippen LogP contribution in [0.5, 0.6) is 0 Å². The number of furan rings is 1. The molecular formula is C34H21N3O2. The SMILES string of the molecule is c1ccc(-c2cccc(-n3c4ccccc4c4ccc(-c5nc6c(-c7ccoc7)cccc6o5)cc43)c2)nc1. The summed E-state index contributed by atoms with van der Waals surface area (Å²) in [5, 5.41) is 2.37. The van der Waals surface area contributed by atoms with Gasteiger partial charge in [-0.15, -0.1) is 0 Å². The number of aromatic nitrogens is 3. The number of oxazole rings is 1. The Kier molecular flexibility index (Phi) is 4.76. The van der Waals surface area contributed by atoms with Crippen LogP contribution >= 0.6 is 0 Å². The van der Waals surface area contributed by atoms with Gasteiger partial charge in [-0.1, -0.05) is 54.6 Å². The van der Waals surface area contributed by atoms with E-state index in [0.717, 1.165) is 55.8 Å². The van der Waals surface area contributed by atoms with Gasteiger partial charge in [-0.05, 0) is 54.6 Å². The van der Waals surface area contributed by atoms with Crippen molar-refractivity contribution in [2.75, 3.05) is 0 Å². The van der Waals surface area contributed by atoms with Crippen molar-refractivity contribution in [2.45, 2.75) is 0 Å². The Bertz CT molecular complexity index is 2120. The van der Waals surface area contributed by atoms with E-state index in [4.69, 9.17) is 13.8 Å². The van der Waals surface area contributed by atoms with Crippen molar-refractivity contribution < 1.29 is 8.83 Å². The highest BCUT2D eigenvalue weighted by molar-refractivity contribution is 6.10. The molecule has 0 aliphatic heterocycles. The predicted molar refractivity (Wildman–Crippen MR) is 155 cm³/mol. The summed E-state index contributed by atoms with van der Waals surface area (Å²) >= 11 is 0. The predicted octanol–water partition coefficient (Wildman–Crippen LogP) is 8.91. The summed E-state index contributed by atoms with van der Waals surface area (Å²) in [5.41, 5.74) is 9.75. The van der Waals surface area contributed by atoms with Gasteiger partial charge in [0.2, 0.25) is 5.89 Å². The minimum absolute atomic E-state index is 0.585. The van der Waals surface area contributed by atoms with Crippen molar-refractivity contribution >= 4 is 32.9 Å². The van der Waals surface area contributed by atoms with E-state index < -0.39 is 0 Å². The molecule has 4 aromatic carbocycles. The normalized spacial score (nSPS) is 11.6. The monoisotopic (exact) mass is 503 g/mol. The molecule has 4 aromatic heterocycles. The van der Waals surface area contributed by atoms with Gasteiger partial charge in [-0.25, -0.2) is 4.98 Å². The quantitative estimate of drug-likeness (QED) is 0.241. The van der Waals surface area contributed by atoms with Gasteiger partial charge in [0.25, 0.3) is 0 Å². The molecule has 0 saturated carbocycles. The van der Waals surface area contributed by atoms with Crippen LogP contribution < -0.4 is 0 Å². The third kappa shape index (κ3) is 3.48. The van der Waals surface area contributed by atoms with Crippen LogP contribution in [0, 0.1) is 0 Å². The van der Waals surface area contributed by atoms with Crippen molar-refractivity contribution in [3.05, 3.63) is 128 Å². The number of para-hydroxylation sites is 2. The fourth-order valence-corrected chi connectivity index (χ4v) is 5.44. The summed E-state index contributed by atoms with van der Waals surface area (Å²) in [5.74, 6) is 0.585. The molecule has 5 heteroatoms. The maximum Gasteiger partial charge on any atom is 0.227 e. The Morgan fingerprint density at radius 2 is 1.54 bits per heavy atom. The van der Waals surface area contributed by atoms with Gasteiger partial charge in [-0.2, -0.15) is 0 Å². The molecule has 8 rings (SSSR count).